The van der Waals surface area contributed by atoms with Crippen LogP contribution in [-0.2, 0) is 13.1 Å². The number of piperazine rings is 1. The maximum absolute atomic E-state index is 13.0. The Morgan fingerprint density at radius 2 is 1.56 bits per heavy atom. The summed E-state index contributed by atoms with van der Waals surface area (Å²) in [6, 6.07) is 17.8. The molecule has 0 bridgehead atoms. The highest BCUT2D eigenvalue weighted by Crippen LogP contribution is 2.28. The molecule has 1 fully saturated rings. The second kappa shape index (κ2) is 11.9. The van der Waals surface area contributed by atoms with E-state index in [2.05, 4.69) is 15.9 Å². The third-order valence-electron chi connectivity index (χ3n) is 6.26. The number of nitrogens with zero attached hydrogens (tertiary/aromatic N) is 4. The standard InChI is InChI=1S/C26H32N4O3.ClH/c1-21-19-29(26(32)30(25(21)31)20-22-9-4-3-5-10-22)14-8-13-27-15-17-28(18-16-27)23-11-6-7-12-24(23)33-2;/h3-7,9-12,19H,8,13-18,20H2,1-2H3;1H. The first-order valence-corrected chi connectivity index (χ1v) is 11.5. The monoisotopic (exact) mass is 484 g/mol. The van der Waals surface area contributed by atoms with Crippen LogP contribution in [-0.4, -0.2) is 53.9 Å². The molecule has 1 aliphatic rings. The number of anilines is 1. The Hall–Kier alpha value is -3.03. The van der Waals surface area contributed by atoms with Gasteiger partial charge in [-0.15, -0.1) is 12.4 Å². The van der Waals surface area contributed by atoms with Crippen LogP contribution < -0.4 is 20.9 Å². The van der Waals surface area contributed by atoms with Crippen molar-refractivity contribution in [1.82, 2.24) is 14.0 Å². The molecule has 1 saturated heterocycles. The maximum atomic E-state index is 13.0. The van der Waals surface area contributed by atoms with E-state index in [0.29, 0.717) is 18.7 Å². The second-order valence-electron chi connectivity index (χ2n) is 8.52. The highest BCUT2D eigenvalue weighted by atomic mass is 35.5. The van der Waals surface area contributed by atoms with E-state index < -0.39 is 0 Å². The predicted octanol–water partition coefficient (Wildman–Crippen LogP) is 3.01. The van der Waals surface area contributed by atoms with Crippen molar-refractivity contribution in [3.63, 3.8) is 0 Å². The zero-order chi connectivity index (χ0) is 23.2. The zero-order valence-electron chi connectivity index (χ0n) is 19.9. The molecular formula is C26H33ClN4O3. The molecule has 7 nitrogen and oxygen atoms in total. The maximum Gasteiger partial charge on any atom is 0.331 e. The van der Waals surface area contributed by atoms with Gasteiger partial charge in [-0.3, -0.25) is 14.3 Å². The number of para-hydroxylation sites is 2. The lowest BCUT2D eigenvalue weighted by Gasteiger charge is -2.36. The Morgan fingerprint density at radius 3 is 2.26 bits per heavy atom. The van der Waals surface area contributed by atoms with Gasteiger partial charge in [-0.05, 0) is 37.6 Å². The van der Waals surface area contributed by atoms with Crippen LogP contribution in [0.3, 0.4) is 0 Å². The number of aryl methyl sites for hydroxylation is 2. The smallest absolute Gasteiger partial charge is 0.331 e. The van der Waals surface area contributed by atoms with Gasteiger partial charge < -0.3 is 14.2 Å². The van der Waals surface area contributed by atoms with Gasteiger partial charge in [0.1, 0.15) is 5.75 Å². The van der Waals surface area contributed by atoms with Gasteiger partial charge in [0.2, 0.25) is 0 Å². The molecule has 4 rings (SSSR count). The molecule has 0 saturated carbocycles. The van der Waals surface area contributed by atoms with Gasteiger partial charge >= 0.3 is 5.69 Å². The van der Waals surface area contributed by atoms with E-state index in [-0.39, 0.29) is 23.7 Å². The van der Waals surface area contributed by atoms with E-state index >= 15 is 0 Å². The lowest BCUT2D eigenvalue weighted by molar-refractivity contribution is 0.249. The lowest BCUT2D eigenvalue weighted by Crippen LogP contribution is -2.47. The Morgan fingerprint density at radius 1 is 0.882 bits per heavy atom. The van der Waals surface area contributed by atoms with Crippen LogP contribution in [0.2, 0.25) is 0 Å². The average Bonchev–Trinajstić information content (AvgIpc) is 2.86. The first kappa shape index (κ1) is 25.6. The summed E-state index contributed by atoms with van der Waals surface area (Å²) in [5.41, 5.74) is 2.23. The quantitative estimate of drug-likeness (QED) is 0.492. The summed E-state index contributed by atoms with van der Waals surface area (Å²) < 4.78 is 8.53. The van der Waals surface area contributed by atoms with Crippen molar-refractivity contribution in [2.75, 3.05) is 44.7 Å². The molecule has 0 N–H and O–H groups in total. The molecule has 2 aromatic carbocycles. The molecule has 34 heavy (non-hydrogen) atoms. The van der Waals surface area contributed by atoms with Gasteiger partial charge in [-0.2, -0.15) is 0 Å². The lowest BCUT2D eigenvalue weighted by atomic mass is 10.2. The van der Waals surface area contributed by atoms with E-state index in [1.807, 2.05) is 48.5 Å². The van der Waals surface area contributed by atoms with Gasteiger partial charge in [0.25, 0.3) is 5.56 Å². The first-order valence-electron chi connectivity index (χ1n) is 11.5. The van der Waals surface area contributed by atoms with E-state index in [1.165, 1.54) is 4.57 Å². The Bertz CT molecular complexity index is 1180. The number of benzene rings is 2. The highest BCUT2D eigenvalue weighted by Gasteiger charge is 2.19. The normalized spacial score (nSPS) is 14.0. The third kappa shape index (κ3) is 5.90. The minimum atomic E-state index is -0.240. The summed E-state index contributed by atoms with van der Waals surface area (Å²) in [6.07, 6.45) is 2.56. The fourth-order valence-electron chi connectivity index (χ4n) is 4.43. The van der Waals surface area contributed by atoms with Gasteiger partial charge in [-0.1, -0.05) is 42.5 Å². The first-order chi connectivity index (χ1) is 16.1. The average molecular weight is 485 g/mol. The van der Waals surface area contributed by atoms with E-state index in [9.17, 15) is 9.59 Å². The summed E-state index contributed by atoms with van der Waals surface area (Å²) in [6.45, 7) is 7.42. The largest absolute Gasteiger partial charge is 0.495 e. The number of hydrogen-bond acceptors (Lipinski definition) is 5. The van der Waals surface area contributed by atoms with Crippen LogP contribution in [0.4, 0.5) is 5.69 Å². The van der Waals surface area contributed by atoms with Crippen molar-refractivity contribution >= 4 is 18.1 Å². The Kier molecular flexibility index (Phi) is 8.96. The molecule has 0 amide bonds. The number of ether oxygens (including phenoxy) is 1. The molecule has 0 unspecified atom stereocenters. The molecule has 0 aliphatic carbocycles. The third-order valence-corrected chi connectivity index (χ3v) is 6.26. The molecule has 1 aromatic heterocycles. The summed E-state index contributed by atoms with van der Waals surface area (Å²) >= 11 is 0. The molecule has 3 aromatic rings. The summed E-state index contributed by atoms with van der Waals surface area (Å²) in [5.74, 6) is 0.909. The van der Waals surface area contributed by atoms with Gasteiger partial charge in [0.15, 0.2) is 0 Å². The Labute approximate surface area is 206 Å². The van der Waals surface area contributed by atoms with Crippen molar-refractivity contribution < 1.29 is 4.74 Å². The van der Waals surface area contributed by atoms with Crippen molar-refractivity contribution in [2.24, 2.45) is 0 Å². The van der Waals surface area contributed by atoms with Crippen LogP contribution in [0.5, 0.6) is 5.75 Å². The van der Waals surface area contributed by atoms with Gasteiger partial charge in [-0.25, -0.2) is 4.79 Å². The SMILES string of the molecule is COc1ccccc1N1CCN(CCCn2cc(C)c(=O)n(Cc3ccccc3)c2=O)CC1.Cl. The van der Waals surface area contributed by atoms with Crippen LogP contribution in [0, 0.1) is 6.92 Å². The van der Waals surface area contributed by atoms with Gasteiger partial charge in [0, 0.05) is 44.5 Å². The second-order valence-corrected chi connectivity index (χ2v) is 8.52. The Balaban J connectivity index is 0.00000324. The predicted molar refractivity (Wildman–Crippen MR) is 139 cm³/mol. The topological polar surface area (TPSA) is 59.7 Å². The molecule has 0 radical (unpaired) electrons. The van der Waals surface area contributed by atoms with E-state index in [4.69, 9.17) is 4.74 Å². The summed E-state index contributed by atoms with van der Waals surface area (Å²) in [4.78, 5) is 30.4. The van der Waals surface area contributed by atoms with Crippen molar-refractivity contribution in [3.05, 3.63) is 92.8 Å². The van der Waals surface area contributed by atoms with Gasteiger partial charge in [0.05, 0.1) is 19.3 Å². The number of hydrogen-bond donors (Lipinski definition) is 0. The molecular weight excluding hydrogens is 452 g/mol. The van der Waals surface area contributed by atoms with Crippen LogP contribution >= 0.6 is 12.4 Å². The fraction of sp³-hybridized carbons (Fsp3) is 0.385. The van der Waals surface area contributed by atoms with E-state index in [1.54, 1.807) is 24.8 Å². The number of rotatable bonds is 8. The van der Waals surface area contributed by atoms with E-state index in [0.717, 1.165) is 56.1 Å². The molecule has 0 spiro atoms. The summed E-state index contributed by atoms with van der Waals surface area (Å²) in [5, 5.41) is 0. The van der Waals surface area contributed by atoms with Crippen molar-refractivity contribution in [2.45, 2.75) is 26.4 Å². The summed E-state index contributed by atoms with van der Waals surface area (Å²) in [7, 11) is 1.71. The molecule has 0 atom stereocenters. The van der Waals surface area contributed by atoms with Crippen LogP contribution in [0.25, 0.3) is 0 Å². The number of aromatic nitrogens is 2. The fourth-order valence-corrected chi connectivity index (χ4v) is 4.43. The molecule has 182 valence electrons. The van der Waals surface area contributed by atoms with Crippen LogP contribution in [0.1, 0.15) is 17.5 Å². The minimum absolute atomic E-state index is 0. The van der Waals surface area contributed by atoms with Crippen molar-refractivity contribution in [3.8, 4) is 5.75 Å². The number of methoxy groups -OCH3 is 1. The highest BCUT2D eigenvalue weighted by molar-refractivity contribution is 5.85. The molecule has 8 heteroatoms. The zero-order valence-corrected chi connectivity index (χ0v) is 20.7. The minimum Gasteiger partial charge on any atom is -0.495 e. The van der Waals surface area contributed by atoms with Crippen LogP contribution in [0.15, 0.2) is 70.4 Å². The molecule has 1 aliphatic heterocycles. The number of halogens is 1. The van der Waals surface area contributed by atoms with Crippen molar-refractivity contribution in [1.29, 1.82) is 0 Å². The molecule has 2 heterocycles.